The molecule has 0 amide bonds. The van der Waals surface area contributed by atoms with E-state index in [1.807, 2.05) is 0 Å². The number of nitrogens with zero attached hydrogens (tertiary/aromatic N) is 3. The first-order valence-corrected chi connectivity index (χ1v) is 31.9. The van der Waals surface area contributed by atoms with Crippen LogP contribution in [0, 0.1) is 0 Å². The Balaban J connectivity index is 0.825. The number of rotatable bonds is 13. The van der Waals surface area contributed by atoms with E-state index >= 15 is 0 Å². The van der Waals surface area contributed by atoms with Gasteiger partial charge in [0.1, 0.15) is 0 Å². The first-order chi connectivity index (χ1) is 43.4. The van der Waals surface area contributed by atoms with Gasteiger partial charge in [-0.25, -0.2) is 0 Å². The van der Waals surface area contributed by atoms with Gasteiger partial charge in [-0.15, -0.1) is 0 Å². The molecule has 424 valence electrons. The molecule has 0 aliphatic carbocycles. The summed E-state index contributed by atoms with van der Waals surface area (Å²) in [6.45, 7) is 11.4. The van der Waals surface area contributed by atoms with Crippen molar-refractivity contribution < 1.29 is 0 Å². The molecule has 13 aromatic carbocycles. The minimum Gasteiger partial charge on any atom is -0.309 e. The van der Waals surface area contributed by atoms with Gasteiger partial charge in [0.15, 0.2) is 0 Å². The number of benzene rings is 13. The van der Waals surface area contributed by atoms with Crippen molar-refractivity contribution in [2.45, 2.75) is 72.6 Å². The third-order valence-corrected chi connectivity index (χ3v) is 19.4. The number of aromatic nitrogens is 3. The molecule has 0 radical (unpaired) electrons. The second-order valence-corrected chi connectivity index (χ2v) is 24.4. The highest BCUT2D eigenvalue weighted by molar-refractivity contribution is 6.22. The van der Waals surface area contributed by atoms with E-state index < -0.39 is 0 Å². The van der Waals surface area contributed by atoms with Crippen molar-refractivity contribution in [1.29, 1.82) is 0 Å². The first-order valence-electron chi connectivity index (χ1n) is 31.9. The zero-order valence-corrected chi connectivity index (χ0v) is 50.8. The summed E-state index contributed by atoms with van der Waals surface area (Å²) in [4.78, 5) is 0. The summed E-state index contributed by atoms with van der Waals surface area (Å²) in [5.74, 6) is 0.504. The van der Waals surface area contributed by atoms with Gasteiger partial charge in [0.05, 0.1) is 33.1 Å². The molecule has 0 bridgehead atoms. The van der Waals surface area contributed by atoms with Crippen LogP contribution in [-0.2, 0) is 19.3 Å². The fraction of sp³-hybridized carbons (Fsp3) is 0.129. The lowest BCUT2D eigenvalue weighted by Crippen LogP contribution is -1.95. The molecule has 3 heterocycles. The van der Waals surface area contributed by atoms with Crippen molar-refractivity contribution in [2.24, 2.45) is 0 Å². The van der Waals surface area contributed by atoms with Crippen LogP contribution in [0.4, 0.5) is 0 Å². The van der Waals surface area contributed by atoms with E-state index in [1.54, 1.807) is 0 Å². The van der Waals surface area contributed by atoms with Gasteiger partial charge in [0.25, 0.3) is 0 Å². The van der Waals surface area contributed by atoms with Crippen LogP contribution in [0.25, 0.3) is 149 Å². The monoisotopic (exact) mass is 1130 g/mol. The van der Waals surface area contributed by atoms with Crippen molar-refractivity contribution in [1.82, 2.24) is 13.7 Å². The first kappa shape index (κ1) is 53.3. The highest BCUT2D eigenvalue weighted by Gasteiger charge is 2.21. The molecule has 3 heteroatoms. The summed E-state index contributed by atoms with van der Waals surface area (Å²) in [6.07, 6.45) is 5.35. The van der Waals surface area contributed by atoms with Crippen LogP contribution in [0.3, 0.4) is 0 Å². The minimum atomic E-state index is 0.504. The zero-order chi connectivity index (χ0) is 59.1. The average Bonchev–Trinajstić information content (AvgIpc) is 1.89. The van der Waals surface area contributed by atoms with Gasteiger partial charge < -0.3 is 13.7 Å². The lowest BCUT2D eigenvalue weighted by Gasteiger charge is -2.18. The van der Waals surface area contributed by atoms with Crippen molar-refractivity contribution in [2.75, 3.05) is 0 Å². The number of hydrogen-bond donors (Lipinski definition) is 0. The van der Waals surface area contributed by atoms with Crippen LogP contribution in [0.2, 0.25) is 0 Å². The molecule has 88 heavy (non-hydrogen) atoms. The quantitative estimate of drug-likeness (QED) is 0.102. The third-order valence-electron chi connectivity index (χ3n) is 19.4. The van der Waals surface area contributed by atoms with E-state index in [0.717, 1.165) is 37.8 Å². The Kier molecular flexibility index (Phi) is 13.1. The van der Waals surface area contributed by atoms with E-state index in [2.05, 4.69) is 309 Å². The average molecular weight is 1130 g/mol. The zero-order valence-electron chi connectivity index (χ0n) is 50.8. The molecule has 0 saturated heterocycles. The maximum atomic E-state index is 2.47. The topological polar surface area (TPSA) is 14.8 Å². The molecule has 0 aliphatic rings. The highest BCUT2D eigenvalue weighted by Crippen LogP contribution is 2.46. The smallest absolute Gasteiger partial charge is 0.0541 e. The van der Waals surface area contributed by atoms with Gasteiger partial charge in [-0.1, -0.05) is 193 Å². The lowest BCUT2D eigenvalue weighted by molar-refractivity contribution is 0.735. The minimum absolute atomic E-state index is 0.504. The van der Waals surface area contributed by atoms with Crippen LogP contribution < -0.4 is 0 Å². The Morgan fingerprint density at radius 3 is 1.01 bits per heavy atom. The molecule has 1 unspecified atom stereocenters. The van der Waals surface area contributed by atoms with E-state index in [0.29, 0.717) is 5.92 Å². The van der Waals surface area contributed by atoms with Crippen molar-refractivity contribution in [3.8, 4) is 61.6 Å². The standard InChI is InChI=1S/C85H69N3/c1-6-17-57-26-44-80-74(50-57)72-48-55(8-3)24-42-78(72)86(80)65-36-27-58(28-37-65)63-34-46-82-76(52-63)77-53-64(59-29-38-66(39-30-59)87-79-43-25-56(9-4)49-73(79)75-51-62(54(5)7-2)33-45-81(75)87)35-47-83(77)88(82)67-40-31-61(32-41-67)85-70-22-15-13-20-68(70)84(60-18-11-10-12-19-60)69-21-14-16-23-71(69)85/h10-16,18-54H,6-9,17H2,1-5H3. The molecule has 0 saturated carbocycles. The Labute approximate surface area is 515 Å². The molecule has 3 nitrogen and oxygen atoms in total. The second-order valence-electron chi connectivity index (χ2n) is 24.4. The van der Waals surface area contributed by atoms with E-state index in [1.165, 1.54) is 165 Å². The van der Waals surface area contributed by atoms with Crippen molar-refractivity contribution >= 4 is 87.0 Å². The maximum absolute atomic E-state index is 2.47. The van der Waals surface area contributed by atoms with Crippen LogP contribution in [0.15, 0.2) is 261 Å². The SMILES string of the molecule is CCCc1ccc2c(c1)c1cc(CC)ccc1n2-c1ccc(-c2ccc3c(c2)c2cc(-c4ccc(-n5c6ccc(CC)cc6c6cc(C(C)CC)ccc65)cc4)ccc2n3-c2ccc(-c3c4ccccc4c(-c4ccccc4)c4ccccc34)cc2)cc1. The maximum Gasteiger partial charge on any atom is 0.0541 e. The van der Waals surface area contributed by atoms with E-state index in [-0.39, 0.29) is 0 Å². The molecule has 3 aromatic heterocycles. The molecule has 0 N–H and O–H groups in total. The van der Waals surface area contributed by atoms with E-state index in [9.17, 15) is 0 Å². The Morgan fingerprint density at radius 2 is 0.602 bits per heavy atom. The van der Waals surface area contributed by atoms with Crippen LogP contribution in [0.5, 0.6) is 0 Å². The van der Waals surface area contributed by atoms with Gasteiger partial charge in [-0.05, 0) is 229 Å². The predicted octanol–water partition coefficient (Wildman–Crippen LogP) is 23.5. The van der Waals surface area contributed by atoms with Crippen molar-refractivity contribution in [3.63, 3.8) is 0 Å². The summed E-state index contributed by atoms with van der Waals surface area (Å²) in [7, 11) is 0. The summed E-state index contributed by atoms with van der Waals surface area (Å²) < 4.78 is 7.39. The molecule has 16 rings (SSSR count). The molecule has 0 spiro atoms. The normalized spacial score (nSPS) is 12.3. The summed E-state index contributed by atoms with van der Waals surface area (Å²) in [5, 5.41) is 12.8. The van der Waals surface area contributed by atoms with Gasteiger partial charge >= 0.3 is 0 Å². The van der Waals surface area contributed by atoms with Gasteiger partial charge in [-0.3, -0.25) is 0 Å². The van der Waals surface area contributed by atoms with Crippen molar-refractivity contribution in [3.05, 3.63) is 283 Å². The lowest BCUT2D eigenvalue weighted by atomic mass is 9.86. The second kappa shape index (κ2) is 21.6. The fourth-order valence-electron chi connectivity index (χ4n) is 14.6. The van der Waals surface area contributed by atoms with Gasteiger partial charge in [-0.2, -0.15) is 0 Å². The fourth-order valence-corrected chi connectivity index (χ4v) is 14.6. The third kappa shape index (κ3) is 8.69. The predicted molar refractivity (Wildman–Crippen MR) is 378 cm³/mol. The molecule has 0 aliphatic heterocycles. The molecular formula is C85H69N3. The van der Waals surface area contributed by atoms with Crippen LogP contribution in [-0.4, -0.2) is 13.7 Å². The van der Waals surface area contributed by atoms with Gasteiger partial charge in [0, 0.05) is 49.4 Å². The summed E-state index contributed by atoms with van der Waals surface area (Å²) >= 11 is 0. The molecular weight excluding hydrogens is 1060 g/mol. The molecule has 1 atom stereocenters. The Hall–Kier alpha value is -10.2. The largest absolute Gasteiger partial charge is 0.309 e. The van der Waals surface area contributed by atoms with Gasteiger partial charge in [0.2, 0.25) is 0 Å². The highest BCUT2D eigenvalue weighted by atomic mass is 15.0. The van der Waals surface area contributed by atoms with E-state index in [4.69, 9.17) is 0 Å². The summed E-state index contributed by atoms with van der Waals surface area (Å²) in [5.41, 5.74) is 26.0. The number of aryl methyl sites for hydroxylation is 3. The number of fused-ring (bicyclic) bond motifs is 11. The molecule has 16 aromatic rings. The van der Waals surface area contributed by atoms with Crippen LogP contribution in [0.1, 0.15) is 75.6 Å². The van der Waals surface area contributed by atoms with Crippen LogP contribution >= 0.6 is 0 Å². The molecule has 0 fully saturated rings. The number of hydrogen-bond acceptors (Lipinski definition) is 0. The Morgan fingerprint density at radius 1 is 0.273 bits per heavy atom. The summed E-state index contributed by atoms with van der Waals surface area (Å²) in [6, 6.07) is 99.1. The Bertz CT molecular complexity index is 5320.